The minimum atomic E-state index is -0.432. The van der Waals surface area contributed by atoms with Crippen molar-refractivity contribution in [3.05, 3.63) is 22.8 Å². The van der Waals surface area contributed by atoms with Crippen LogP contribution in [0.15, 0.2) is 22.8 Å². The van der Waals surface area contributed by atoms with E-state index in [9.17, 15) is 4.79 Å². The fourth-order valence-electron chi connectivity index (χ4n) is 5.55. The number of hydrogen-bond acceptors (Lipinski definition) is 5. The molecular formula is C24H38O5. The fourth-order valence-corrected chi connectivity index (χ4v) is 5.55. The molecule has 8 atom stereocenters. The van der Waals surface area contributed by atoms with Gasteiger partial charge in [0, 0.05) is 27.1 Å². The van der Waals surface area contributed by atoms with Crippen molar-refractivity contribution in [1.82, 2.24) is 0 Å². The second-order valence-corrected chi connectivity index (χ2v) is 9.41. The van der Waals surface area contributed by atoms with Crippen LogP contribution < -0.4 is 0 Å². The van der Waals surface area contributed by atoms with Crippen LogP contribution >= 0.6 is 0 Å². The summed E-state index contributed by atoms with van der Waals surface area (Å²) in [5, 5.41) is 0. The van der Waals surface area contributed by atoms with Crippen LogP contribution in [0.2, 0.25) is 0 Å². The van der Waals surface area contributed by atoms with E-state index in [1.54, 1.807) is 14.2 Å². The summed E-state index contributed by atoms with van der Waals surface area (Å²) < 4.78 is 23.6. The van der Waals surface area contributed by atoms with Gasteiger partial charge in [-0.25, -0.2) is 0 Å². The van der Waals surface area contributed by atoms with E-state index in [1.165, 1.54) is 23.6 Å². The molecule has 1 fully saturated rings. The van der Waals surface area contributed by atoms with E-state index in [0.29, 0.717) is 23.7 Å². The van der Waals surface area contributed by atoms with Gasteiger partial charge in [0.15, 0.2) is 12.6 Å². The van der Waals surface area contributed by atoms with Gasteiger partial charge >= 0.3 is 5.97 Å². The van der Waals surface area contributed by atoms with Gasteiger partial charge in [0.25, 0.3) is 0 Å². The van der Waals surface area contributed by atoms with Gasteiger partial charge in [0.1, 0.15) is 6.10 Å². The topological polar surface area (TPSA) is 54.0 Å². The Hall–Kier alpha value is -1.17. The Morgan fingerprint density at radius 2 is 1.79 bits per heavy atom. The summed E-state index contributed by atoms with van der Waals surface area (Å²) in [7, 11) is 3.38. The molecule has 5 nitrogen and oxygen atoms in total. The van der Waals surface area contributed by atoms with Crippen molar-refractivity contribution in [2.45, 2.75) is 79.0 Å². The third-order valence-corrected chi connectivity index (χ3v) is 6.96. The first-order valence-corrected chi connectivity index (χ1v) is 11.0. The monoisotopic (exact) mass is 406 g/mol. The summed E-state index contributed by atoms with van der Waals surface area (Å²) in [5.41, 5.74) is 3.76. The summed E-state index contributed by atoms with van der Waals surface area (Å²) in [5.74, 6) is 1.81. The highest BCUT2D eigenvalue weighted by molar-refractivity contribution is 5.66. The van der Waals surface area contributed by atoms with Crippen LogP contribution in [-0.4, -0.2) is 38.9 Å². The number of carbonyl (C=O) groups excluding carboxylic acids is 1. The third kappa shape index (κ3) is 4.78. The van der Waals surface area contributed by atoms with Gasteiger partial charge in [0.2, 0.25) is 0 Å². The van der Waals surface area contributed by atoms with E-state index in [2.05, 4.69) is 33.8 Å². The van der Waals surface area contributed by atoms with Crippen molar-refractivity contribution >= 4 is 5.97 Å². The van der Waals surface area contributed by atoms with E-state index in [4.69, 9.17) is 18.9 Å². The van der Waals surface area contributed by atoms with E-state index >= 15 is 0 Å². The SMILES string of the molecule is CO[C@@H]1O[C@H](OC)C2=C1[C@H]([C@H](C)CCC=C(C)C)[C@H](OC(C)=O)C[C@@H](C)[C@@H]1C[C@H]21. The fraction of sp³-hybridized carbons (Fsp3) is 0.792. The van der Waals surface area contributed by atoms with Crippen LogP contribution in [0.25, 0.3) is 0 Å². The number of hydrogen-bond donors (Lipinski definition) is 0. The van der Waals surface area contributed by atoms with Crippen LogP contribution in [-0.2, 0) is 23.7 Å². The quantitative estimate of drug-likeness (QED) is 0.446. The van der Waals surface area contributed by atoms with Crippen LogP contribution in [0.4, 0.5) is 0 Å². The highest BCUT2D eigenvalue weighted by Crippen LogP contribution is 2.58. The molecule has 29 heavy (non-hydrogen) atoms. The highest BCUT2D eigenvalue weighted by atomic mass is 16.8. The van der Waals surface area contributed by atoms with E-state index in [1.807, 2.05) is 0 Å². The number of ether oxygens (including phenoxy) is 4. The van der Waals surface area contributed by atoms with Crippen molar-refractivity contribution in [2.24, 2.45) is 29.6 Å². The van der Waals surface area contributed by atoms with E-state index in [0.717, 1.165) is 25.7 Å². The van der Waals surface area contributed by atoms with Crippen molar-refractivity contribution < 1.29 is 23.7 Å². The summed E-state index contributed by atoms with van der Waals surface area (Å²) in [6.45, 7) is 10.3. The van der Waals surface area contributed by atoms with Crippen molar-refractivity contribution in [3.63, 3.8) is 0 Å². The van der Waals surface area contributed by atoms with Gasteiger partial charge in [-0.1, -0.05) is 25.5 Å². The molecule has 164 valence electrons. The largest absolute Gasteiger partial charge is 0.462 e. The van der Waals surface area contributed by atoms with Gasteiger partial charge in [-0.2, -0.15) is 0 Å². The molecule has 0 amide bonds. The standard InChI is InChI=1S/C24H38O5/c1-13(2)9-8-10-14(3)20-19(28-16(5)25)11-15(4)17-12-18(17)21-22(20)24(27-7)29-23(21)26-6/h9,14-15,17-20,23-24H,8,10-12H2,1-7H3/t14-,15-,17+,18+,19-,20-,23+,24-/m1/s1. The van der Waals surface area contributed by atoms with Gasteiger partial charge in [-0.3, -0.25) is 4.79 Å². The Kier molecular flexibility index (Phi) is 7.23. The molecule has 0 aromatic rings. The van der Waals surface area contributed by atoms with Gasteiger partial charge < -0.3 is 18.9 Å². The molecule has 1 saturated carbocycles. The Morgan fingerprint density at radius 1 is 1.14 bits per heavy atom. The molecule has 3 rings (SSSR count). The lowest BCUT2D eigenvalue weighted by atomic mass is 9.73. The Balaban J connectivity index is 2.02. The van der Waals surface area contributed by atoms with Crippen molar-refractivity contribution in [3.8, 4) is 0 Å². The normalized spacial score (nSPS) is 37.1. The lowest BCUT2D eigenvalue weighted by Gasteiger charge is -2.37. The average Bonchev–Trinajstić information content (AvgIpc) is 3.34. The van der Waals surface area contributed by atoms with Crippen LogP contribution in [0.5, 0.6) is 0 Å². The maximum Gasteiger partial charge on any atom is 0.302 e. The summed E-state index contributed by atoms with van der Waals surface area (Å²) in [6, 6.07) is 0. The van der Waals surface area contributed by atoms with Crippen molar-refractivity contribution in [2.75, 3.05) is 14.2 Å². The maximum atomic E-state index is 12.0. The minimum absolute atomic E-state index is 0.0774. The molecule has 1 aliphatic heterocycles. The first kappa shape index (κ1) is 22.5. The van der Waals surface area contributed by atoms with Gasteiger partial charge in [-0.05, 0) is 74.3 Å². The van der Waals surface area contributed by atoms with E-state index in [-0.39, 0.29) is 24.3 Å². The molecule has 0 saturated heterocycles. The second kappa shape index (κ2) is 9.32. The minimum Gasteiger partial charge on any atom is -0.462 e. The third-order valence-electron chi connectivity index (χ3n) is 6.96. The Morgan fingerprint density at radius 3 is 2.38 bits per heavy atom. The summed E-state index contributed by atoms with van der Waals surface area (Å²) in [6.07, 6.45) is 5.43. The molecular weight excluding hydrogens is 368 g/mol. The van der Waals surface area contributed by atoms with Gasteiger partial charge in [-0.15, -0.1) is 0 Å². The number of carbonyl (C=O) groups is 1. The van der Waals surface area contributed by atoms with Gasteiger partial charge in [0.05, 0.1) is 0 Å². The Bertz CT molecular complexity index is 662. The zero-order chi connectivity index (χ0) is 21.3. The highest BCUT2D eigenvalue weighted by Gasteiger charge is 2.55. The molecule has 0 unspecified atom stereocenters. The number of allylic oxidation sites excluding steroid dienone is 2. The zero-order valence-electron chi connectivity index (χ0n) is 19.1. The van der Waals surface area contributed by atoms with E-state index < -0.39 is 6.29 Å². The molecule has 0 spiro atoms. The molecule has 1 heterocycles. The lowest BCUT2D eigenvalue weighted by Crippen LogP contribution is -2.38. The van der Waals surface area contributed by atoms with Crippen LogP contribution in [0.3, 0.4) is 0 Å². The summed E-state index contributed by atoms with van der Waals surface area (Å²) >= 11 is 0. The molecule has 0 bridgehead atoms. The molecule has 0 aromatic carbocycles. The molecule has 2 aliphatic carbocycles. The first-order valence-electron chi connectivity index (χ1n) is 11.0. The number of esters is 1. The van der Waals surface area contributed by atoms with Crippen LogP contribution in [0, 0.1) is 29.6 Å². The summed E-state index contributed by atoms with van der Waals surface area (Å²) in [4.78, 5) is 12.0. The average molecular weight is 407 g/mol. The molecule has 5 heteroatoms. The number of methoxy groups -OCH3 is 2. The predicted octanol–water partition coefficient (Wildman–Crippen LogP) is 4.86. The second-order valence-electron chi connectivity index (χ2n) is 9.41. The molecule has 0 N–H and O–H groups in total. The number of fused-ring (bicyclic) bond motifs is 2. The zero-order valence-corrected chi connectivity index (χ0v) is 19.1. The maximum absolute atomic E-state index is 12.0. The first-order chi connectivity index (χ1) is 13.8. The van der Waals surface area contributed by atoms with Crippen molar-refractivity contribution in [1.29, 1.82) is 0 Å². The lowest BCUT2D eigenvalue weighted by molar-refractivity contribution is -0.184. The molecule has 0 radical (unpaired) electrons. The smallest absolute Gasteiger partial charge is 0.302 e. The van der Waals surface area contributed by atoms with Crippen LogP contribution in [0.1, 0.15) is 60.3 Å². The molecule has 0 aromatic heterocycles. The predicted molar refractivity (Wildman–Crippen MR) is 112 cm³/mol. The molecule has 3 aliphatic rings. The number of rotatable bonds is 7. The Labute approximate surface area is 175 Å².